The maximum Gasteiger partial charge on any atom is 0.324 e. The van der Waals surface area contributed by atoms with Crippen LogP contribution in [0.5, 0.6) is 0 Å². The molecule has 1 fully saturated rings. The lowest BCUT2D eigenvalue weighted by atomic mass is 10.2. The van der Waals surface area contributed by atoms with E-state index in [-0.39, 0.29) is 11.7 Å². The van der Waals surface area contributed by atoms with E-state index in [0.29, 0.717) is 23.8 Å². The summed E-state index contributed by atoms with van der Waals surface area (Å²) in [6.07, 6.45) is 0. The highest BCUT2D eigenvalue weighted by Crippen LogP contribution is 2.26. The molecular weight excluding hydrogens is 335 g/mol. The van der Waals surface area contributed by atoms with Gasteiger partial charge in [0.15, 0.2) is 5.82 Å². The Labute approximate surface area is 141 Å². The van der Waals surface area contributed by atoms with Crippen LogP contribution in [-0.2, 0) is 4.79 Å². The lowest BCUT2D eigenvalue weighted by Crippen LogP contribution is -2.39. The van der Waals surface area contributed by atoms with E-state index >= 15 is 0 Å². The molecule has 3 N–H and O–H groups in total. The monoisotopic (exact) mass is 350 g/mol. The maximum atomic E-state index is 13.3. The Morgan fingerprint density at radius 1 is 1.46 bits per heavy atom. The standard InChI is InChI=1S/C14H15FN6O2S/c1-8(12(22)20-6-5-17-13(20)23)24-14-19-18-11(21(14)16)9-3-2-4-10(15)7-9/h2-4,7-8H,5-6,16H2,1H3,(H,17,23)/t8-/m1/s1. The van der Waals surface area contributed by atoms with Crippen LogP contribution in [0, 0.1) is 5.82 Å². The second-order valence-electron chi connectivity index (χ2n) is 5.17. The molecule has 1 aliphatic heterocycles. The summed E-state index contributed by atoms with van der Waals surface area (Å²) in [5.41, 5.74) is 0.481. The number of aromatic nitrogens is 3. The average Bonchev–Trinajstić information content (AvgIpc) is 3.13. The molecule has 1 aromatic carbocycles. The van der Waals surface area contributed by atoms with Gasteiger partial charge in [0.05, 0.1) is 5.25 Å². The molecule has 3 rings (SSSR count). The molecule has 1 aliphatic rings. The van der Waals surface area contributed by atoms with Crippen molar-refractivity contribution in [1.82, 2.24) is 25.1 Å². The average molecular weight is 350 g/mol. The van der Waals surface area contributed by atoms with Gasteiger partial charge in [-0.1, -0.05) is 23.9 Å². The summed E-state index contributed by atoms with van der Waals surface area (Å²) in [5, 5.41) is 10.2. The van der Waals surface area contributed by atoms with Gasteiger partial charge < -0.3 is 11.2 Å². The molecule has 0 spiro atoms. The molecular formula is C14H15FN6O2S. The van der Waals surface area contributed by atoms with E-state index in [9.17, 15) is 14.0 Å². The molecule has 2 heterocycles. The summed E-state index contributed by atoms with van der Waals surface area (Å²) < 4.78 is 14.5. The third-order valence-electron chi connectivity index (χ3n) is 3.50. The van der Waals surface area contributed by atoms with Crippen molar-refractivity contribution in [3.8, 4) is 11.4 Å². The van der Waals surface area contributed by atoms with E-state index < -0.39 is 17.1 Å². The lowest BCUT2D eigenvalue weighted by Gasteiger charge is -2.16. The normalized spacial score (nSPS) is 15.4. The quantitative estimate of drug-likeness (QED) is 0.625. The van der Waals surface area contributed by atoms with E-state index in [1.165, 1.54) is 16.8 Å². The SMILES string of the molecule is C[C@@H](Sc1nnc(-c2cccc(F)c2)n1N)C(=O)N1CCNC1=O. The second kappa shape index (κ2) is 6.48. The van der Waals surface area contributed by atoms with Gasteiger partial charge in [-0.2, -0.15) is 0 Å². The molecule has 126 valence electrons. The van der Waals surface area contributed by atoms with Crippen molar-refractivity contribution in [2.45, 2.75) is 17.3 Å². The largest absolute Gasteiger partial charge is 0.336 e. The van der Waals surface area contributed by atoms with Gasteiger partial charge in [-0.05, 0) is 19.1 Å². The maximum absolute atomic E-state index is 13.3. The van der Waals surface area contributed by atoms with E-state index in [4.69, 9.17) is 5.84 Å². The minimum absolute atomic E-state index is 0.288. The highest BCUT2D eigenvalue weighted by molar-refractivity contribution is 8.00. The van der Waals surface area contributed by atoms with Crippen molar-refractivity contribution in [2.75, 3.05) is 18.9 Å². The number of nitrogens with two attached hydrogens (primary N) is 1. The van der Waals surface area contributed by atoms with Crippen molar-refractivity contribution < 1.29 is 14.0 Å². The summed E-state index contributed by atoms with van der Waals surface area (Å²) in [6.45, 7) is 2.44. The molecule has 0 saturated carbocycles. The van der Waals surface area contributed by atoms with Crippen molar-refractivity contribution in [2.24, 2.45) is 0 Å². The Hall–Kier alpha value is -2.62. The number of urea groups is 1. The van der Waals surface area contributed by atoms with Gasteiger partial charge in [0.2, 0.25) is 11.1 Å². The van der Waals surface area contributed by atoms with Crippen LogP contribution >= 0.6 is 11.8 Å². The fraction of sp³-hybridized carbons (Fsp3) is 0.286. The van der Waals surface area contributed by atoms with Gasteiger partial charge in [0, 0.05) is 18.7 Å². The summed E-state index contributed by atoms with van der Waals surface area (Å²) in [6, 6.07) is 5.42. The topological polar surface area (TPSA) is 106 Å². The summed E-state index contributed by atoms with van der Waals surface area (Å²) in [4.78, 5) is 25.0. The van der Waals surface area contributed by atoms with Crippen LogP contribution in [0.2, 0.25) is 0 Å². The predicted molar refractivity (Wildman–Crippen MR) is 86.0 cm³/mol. The van der Waals surface area contributed by atoms with E-state index in [2.05, 4.69) is 15.5 Å². The first-order valence-electron chi connectivity index (χ1n) is 7.19. The second-order valence-corrected chi connectivity index (χ2v) is 6.48. The van der Waals surface area contributed by atoms with Crippen molar-refractivity contribution in [3.63, 3.8) is 0 Å². The van der Waals surface area contributed by atoms with E-state index in [1.807, 2.05) is 0 Å². The van der Waals surface area contributed by atoms with Gasteiger partial charge in [-0.15, -0.1) is 10.2 Å². The predicted octanol–water partition coefficient (Wildman–Crippen LogP) is 0.830. The number of nitrogens with one attached hydrogen (secondary N) is 1. The number of amides is 3. The Kier molecular flexibility index (Phi) is 4.38. The zero-order chi connectivity index (χ0) is 17.3. The van der Waals surface area contributed by atoms with Crippen LogP contribution in [0.4, 0.5) is 9.18 Å². The number of nitrogen functional groups attached to an aromatic ring is 1. The smallest absolute Gasteiger partial charge is 0.324 e. The zero-order valence-electron chi connectivity index (χ0n) is 12.8. The third-order valence-corrected chi connectivity index (χ3v) is 4.54. The van der Waals surface area contributed by atoms with Crippen LogP contribution in [0.1, 0.15) is 6.92 Å². The molecule has 1 saturated heterocycles. The van der Waals surface area contributed by atoms with Crippen molar-refractivity contribution in [3.05, 3.63) is 30.1 Å². The lowest BCUT2D eigenvalue weighted by molar-refractivity contribution is -0.126. The number of nitrogens with zero attached hydrogens (tertiary/aromatic N) is 4. The number of carbonyl (C=O) groups excluding carboxylic acids is 2. The molecule has 24 heavy (non-hydrogen) atoms. The number of hydrogen-bond acceptors (Lipinski definition) is 6. The van der Waals surface area contributed by atoms with Crippen LogP contribution in [0.25, 0.3) is 11.4 Å². The Morgan fingerprint density at radius 2 is 2.25 bits per heavy atom. The third kappa shape index (κ3) is 3.04. The van der Waals surface area contributed by atoms with Gasteiger partial charge in [0.25, 0.3) is 0 Å². The minimum Gasteiger partial charge on any atom is -0.336 e. The highest BCUT2D eigenvalue weighted by Gasteiger charge is 2.31. The first-order valence-corrected chi connectivity index (χ1v) is 8.07. The number of rotatable bonds is 4. The Balaban J connectivity index is 1.76. The van der Waals surface area contributed by atoms with Gasteiger partial charge in [-0.25, -0.2) is 13.9 Å². The van der Waals surface area contributed by atoms with Crippen molar-refractivity contribution >= 4 is 23.7 Å². The molecule has 1 aromatic heterocycles. The van der Waals surface area contributed by atoms with Crippen LogP contribution < -0.4 is 11.2 Å². The first-order chi connectivity index (χ1) is 11.5. The molecule has 1 atom stereocenters. The van der Waals surface area contributed by atoms with Crippen LogP contribution in [0.3, 0.4) is 0 Å². The number of thioether (sulfide) groups is 1. The summed E-state index contributed by atoms with van der Waals surface area (Å²) in [7, 11) is 0. The van der Waals surface area contributed by atoms with E-state index in [1.54, 1.807) is 19.1 Å². The highest BCUT2D eigenvalue weighted by atomic mass is 32.2. The molecule has 8 nitrogen and oxygen atoms in total. The number of benzene rings is 1. The van der Waals surface area contributed by atoms with Gasteiger partial charge in [-0.3, -0.25) is 9.69 Å². The first kappa shape index (κ1) is 16.2. The fourth-order valence-electron chi connectivity index (χ4n) is 2.29. The molecule has 10 heteroatoms. The number of imide groups is 1. The Morgan fingerprint density at radius 3 is 2.92 bits per heavy atom. The Bertz CT molecular complexity index is 795. The minimum atomic E-state index is -0.569. The van der Waals surface area contributed by atoms with Crippen LogP contribution in [0.15, 0.2) is 29.4 Å². The molecule has 0 radical (unpaired) electrons. The molecule has 2 aromatic rings. The van der Waals surface area contributed by atoms with Crippen LogP contribution in [-0.4, -0.2) is 50.1 Å². The van der Waals surface area contributed by atoms with Crippen molar-refractivity contribution in [1.29, 1.82) is 0 Å². The fourth-order valence-corrected chi connectivity index (χ4v) is 3.12. The summed E-state index contributed by atoms with van der Waals surface area (Å²) >= 11 is 1.09. The number of hydrogen-bond donors (Lipinski definition) is 2. The molecule has 0 aliphatic carbocycles. The summed E-state index contributed by atoms with van der Waals surface area (Å²) in [5.74, 6) is 5.51. The van der Waals surface area contributed by atoms with E-state index in [0.717, 1.165) is 16.7 Å². The molecule has 0 unspecified atom stereocenters. The molecule has 0 bridgehead atoms. The number of halogens is 1. The zero-order valence-corrected chi connectivity index (χ0v) is 13.6. The van der Waals surface area contributed by atoms with Gasteiger partial charge in [0.1, 0.15) is 5.82 Å². The van der Waals surface area contributed by atoms with Gasteiger partial charge >= 0.3 is 6.03 Å². The number of carbonyl (C=O) groups is 2. The molecule has 3 amide bonds.